The number of nitrogens with one attached hydrogen (secondary N) is 2. The fraction of sp³-hybridized carbons (Fsp3) is 0.556. The fourth-order valence-corrected chi connectivity index (χ4v) is 3.41. The summed E-state index contributed by atoms with van der Waals surface area (Å²) in [7, 11) is 0. The highest BCUT2D eigenvalue weighted by Crippen LogP contribution is 2.17. The zero-order valence-electron chi connectivity index (χ0n) is 14.8. The smallest absolute Gasteiger partial charge is 0.321 e. The van der Waals surface area contributed by atoms with Crippen LogP contribution in [0.5, 0.6) is 0 Å². The number of anilines is 1. The van der Waals surface area contributed by atoms with E-state index in [0.29, 0.717) is 25.2 Å². The molecule has 25 heavy (non-hydrogen) atoms. The molecule has 136 valence electrons. The average Bonchev–Trinajstić information content (AvgIpc) is 3.00. The SMILES string of the molecule is CC1CN(CCNC(=O)c2ccc(N3CCNC3=O)cc2)CC(C)O1. The molecule has 7 nitrogen and oxygen atoms in total. The molecule has 2 N–H and O–H groups in total. The highest BCUT2D eigenvalue weighted by Gasteiger charge is 2.22. The molecule has 2 aliphatic rings. The number of rotatable bonds is 5. The third kappa shape index (κ3) is 4.49. The summed E-state index contributed by atoms with van der Waals surface area (Å²) < 4.78 is 5.71. The van der Waals surface area contributed by atoms with Gasteiger partial charge in [0.05, 0.1) is 12.2 Å². The van der Waals surface area contributed by atoms with E-state index in [1.54, 1.807) is 17.0 Å². The predicted octanol–water partition coefficient (Wildman–Crippen LogP) is 1.06. The first-order valence-electron chi connectivity index (χ1n) is 8.84. The van der Waals surface area contributed by atoms with Crippen LogP contribution in [0.3, 0.4) is 0 Å². The first-order chi connectivity index (χ1) is 12.0. The zero-order valence-corrected chi connectivity index (χ0v) is 14.8. The number of hydrogen-bond donors (Lipinski definition) is 2. The van der Waals surface area contributed by atoms with Gasteiger partial charge in [-0.2, -0.15) is 0 Å². The molecule has 2 unspecified atom stereocenters. The van der Waals surface area contributed by atoms with Gasteiger partial charge in [0.1, 0.15) is 0 Å². The van der Waals surface area contributed by atoms with Gasteiger partial charge in [-0.05, 0) is 38.1 Å². The Kier molecular flexibility index (Phi) is 5.55. The lowest BCUT2D eigenvalue weighted by atomic mass is 10.2. The Bertz CT molecular complexity index is 609. The standard InChI is InChI=1S/C18H26N4O3/c1-13-11-21(12-14(2)25-13)9-7-19-17(23)15-3-5-16(6-4-15)22-10-8-20-18(22)24/h3-6,13-14H,7-12H2,1-2H3,(H,19,23)(H,20,24). The molecule has 7 heteroatoms. The molecule has 2 aliphatic heterocycles. The average molecular weight is 346 g/mol. The summed E-state index contributed by atoms with van der Waals surface area (Å²) >= 11 is 0. The van der Waals surface area contributed by atoms with Gasteiger partial charge in [0.2, 0.25) is 0 Å². The summed E-state index contributed by atoms with van der Waals surface area (Å²) in [4.78, 5) is 27.9. The van der Waals surface area contributed by atoms with Crippen LogP contribution in [0.1, 0.15) is 24.2 Å². The highest BCUT2D eigenvalue weighted by molar-refractivity contribution is 5.96. The monoisotopic (exact) mass is 346 g/mol. The van der Waals surface area contributed by atoms with Crippen molar-refractivity contribution in [1.29, 1.82) is 0 Å². The van der Waals surface area contributed by atoms with Crippen LogP contribution >= 0.6 is 0 Å². The number of nitrogens with zero attached hydrogens (tertiary/aromatic N) is 2. The predicted molar refractivity (Wildman–Crippen MR) is 96.0 cm³/mol. The summed E-state index contributed by atoms with van der Waals surface area (Å²) in [6.45, 7) is 8.66. The Labute approximate surface area is 148 Å². The van der Waals surface area contributed by atoms with Gasteiger partial charge in [0.25, 0.3) is 5.91 Å². The van der Waals surface area contributed by atoms with Crippen LogP contribution in [-0.4, -0.2) is 68.3 Å². The molecule has 0 saturated carbocycles. The molecule has 2 heterocycles. The van der Waals surface area contributed by atoms with Crippen LogP contribution in [0.2, 0.25) is 0 Å². The lowest BCUT2D eigenvalue weighted by Gasteiger charge is -2.35. The molecular weight excluding hydrogens is 320 g/mol. The fourth-order valence-electron chi connectivity index (χ4n) is 3.41. The third-order valence-corrected chi connectivity index (χ3v) is 4.51. The van der Waals surface area contributed by atoms with Gasteiger partial charge in [0.15, 0.2) is 0 Å². The second-order valence-electron chi connectivity index (χ2n) is 6.70. The Morgan fingerprint density at radius 2 is 1.92 bits per heavy atom. The van der Waals surface area contributed by atoms with Crippen LogP contribution in [0.25, 0.3) is 0 Å². The summed E-state index contributed by atoms with van der Waals surface area (Å²) in [5.41, 5.74) is 1.41. The number of carbonyl (C=O) groups excluding carboxylic acids is 2. The van der Waals surface area contributed by atoms with Crippen molar-refractivity contribution < 1.29 is 14.3 Å². The summed E-state index contributed by atoms with van der Waals surface area (Å²) in [6, 6.07) is 7.05. The maximum atomic E-state index is 12.3. The Morgan fingerprint density at radius 3 is 2.52 bits per heavy atom. The number of benzene rings is 1. The van der Waals surface area contributed by atoms with Gasteiger partial charge in [-0.25, -0.2) is 4.79 Å². The van der Waals surface area contributed by atoms with E-state index < -0.39 is 0 Å². The molecule has 0 spiro atoms. The van der Waals surface area contributed by atoms with E-state index in [2.05, 4.69) is 29.4 Å². The van der Waals surface area contributed by atoms with Crippen LogP contribution in [-0.2, 0) is 4.74 Å². The van der Waals surface area contributed by atoms with E-state index in [1.807, 2.05) is 12.1 Å². The number of hydrogen-bond acceptors (Lipinski definition) is 4. The molecule has 0 bridgehead atoms. The van der Waals surface area contributed by atoms with E-state index in [0.717, 1.165) is 25.3 Å². The first kappa shape index (κ1) is 17.7. The van der Waals surface area contributed by atoms with E-state index in [4.69, 9.17) is 4.74 Å². The minimum absolute atomic E-state index is 0.0909. The molecule has 2 fully saturated rings. The molecule has 0 aromatic heterocycles. The molecule has 1 aromatic carbocycles. The third-order valence-electron chi connectivity index (χ3n) is 4.51. The van der Waals surface area contributed by atoms with Crippen molar-refractivity contribution in [1.82, 2.24) is 15.5 Å². The van der Waals surface area contributed by atoms with E-state index in [-0.39, 0.29) is 24.1 Å². The van der Waals surface area contributed by atoms with Crippen LogP contribution in [0.15, 0.2) is 24.3 Å². The van der Waals surface area contributed by atoms with Gasteiger partial charge in [-0.3, -0.25) is 14.6 Å². The normalized spacial score (nSPS) is 24.2. The summed E-state index contributed by atoms with van der Waals surface area (Å²) in [5.74, 6) is -0.0909. The molecule has 3 rings (SSSR count). The van der Waals surface area contributed by atoms with E-state index in [1.165, 1.54) is 0 Å². The molecule has 0 radical (unpaired) electrons. The second-order valence-corrected chi connectivity index (χ2v) is 6.70. The van der Waals surface area contributed by atoms with E-state index >= 15 is 0 Å². The maximum Gasteiger partial charge on any atom is 0.321 e. The molecular formula is C18H26N4O3. The molecule has 3 amide bonds. The van der Waals surface area contributed by atoms with Crippen molar-refractivity contribution in [2.45, 2.75) is 26.1 Å². The van der Waals surface area contributed by atoms with Crippen molar-refractivity contribution in [3.63, 3.8) is 0 Å². The van der Waals surface area contributed by atoms with Crippen LogP contribution in [0.4, 0.5) is 10.5 Å². The van der Waals surface area contributed by atoms with Crippen molar-refractivity contribution in [2.75, 3.05) is 44.2 Å². The number of carbonyl (C=O) groups is 2. The largest absolute Gasteiger partial charge is 0.373 e. The van der Waals surface area contributed by atoms with Gasteiger partial charge < -0.3 is 15.4 Å². The zero-order chi connectivity index (χ0) is 17.8. The molecule has 2 atom stereocenters. The summed E-state index contributed by atoms with van der Waals surface area (Å²) in [5, 5.41) is 5.72. The van der Waals surface area contributed by atoms with Gasteiger partial charge in [-0.15, -0.1) is 0 Å². The maximum absolute atomic E-state index is 12.3. The van der Waals surface area contributed by atoms with Gasteiger partial charge in [-0.1, -0.05) is 0 Å². The number of ether oxygens (including phenoxy) is 1. The number of urea groups is 1. The van der Waals surface area contributed by atoms with Crippen molar-refractivity contribution in [2.24, 2.45) is 0 Å². The van der Waals surface area contributed by atoms with Crippen molar-refractivity contribution >= 4 is 17.6 Å². The molecule has 1 aromatic rings. The van der Waals surface area contributed by atoms with Crippen LogP contribution < -0.4 is 15.5 Å². The Balaban J connectivity index is 1.47. The molecule has 2 saturated heterocycles. The minimum Gasteiger partial charge on any atom is -0.373 e. The van der Waals surface area contributed by atoms with Gasteiger partial charge >= 0.3 is 6.03 Å². The summed E-state index contributed by atoms with van der Waals surface area (Å²) in [6.07, 6.45) is 0.463. The Morgan fingerprint density at radius 1 is 1.24 bits per heavy atom. The minimum atomic E-state index is -0.0915. The lowest BCUT2D eigenvalue weighted by molar-refractivity contribution is -0.0672. The second kappa shape index (κ2) is 7.84. The molecule has 0 aliphatic carbocycles. The van der Waals surface area contributed by atoms with Gasteiger partial charge in [0, 0.05) is 50.5 Å². The Hall–Kier alpha value is -2.12. The quantitative estimate of drug-likeness (QED) is 0.836. The highest BCUT2D eigenvalue weighted by atomic mass is 16.5. The number of amides is 3. The van der Waals surface area contributed by atoms with Crippen molar-refractivity contribution in [3.8, 4) is 0 Å². The van der Waals surface area contributed by atoms with Crippen LogP contribution in [0, 0.1) is 0 Å². The first-order valence-corrected chi connectivity index (χ1v) is 8.84. The topological polar surface area (TPSA) is 73.9 Å². The van der Waals surface area contributed by atoms with E-state index in [9.17, 15) is 9.59 Å². The lowest BCUT2D eigenvalue weighted by Crippen LogP contribution is -2.47. The number of morpholine rings is 1. The van der Waals surface area contributed by atoms with Crippen molar-refractivity contribution in [3.05, 3.63) is 29.8 Å².